The Hall–Kier alpha value is -1.14. The second kappa shape index (κ2) is 2.97. The predicted molar refractivity (Wildman–Crippen MR) is 33.3 cm³/mol. The van der Waals surface area contributed by atoms with Crippen molar-refractivity contribution >= 4 is 0 Å². The summed E-state index contributed by atoms with van der Waals surface area (Å²) in [7, 11) is 0. The Labute approximate surface area is 69.8 Å². The van der Waals surface area contributed by atoms with Gasteiger partial charge in [0.15, 0.2) is 0 Å². The third kappa shape index (κ3) is 2.16. The summed E-state index contributed by atoms with van der Waals surface area (Å²) in [6.45, 7) is 0. The molecule has 0 fully saturated rings. The van der Waals surface area contributed by atoms with Crippen molar-refractivity contribution in [3.8, 4) is 0 Å². The Kier molecular flexibility index (Phi) is 2.27. The van der Waals surface area contributed by atoms with Gasteiger partial charge in [0.2, 0.25) is 0 Å². The number of rotatable bonds is 2. The van der Waals surface area contributed by atoms with E-state index in [0.717, 1.165) is 6.20 Å². The summed E-state index contributed by atoms with van der Waals surface area (Å²) in [6.07, 6.45) is -4.69. The lowest BCUT2D eigenvalue weighted by atomic mass is 10.2. The van der Waals surface area contributed by atoms with E-state index in [0.29, 0.717) is 0 Å². The molecule has 1 aromatic heterocycles. The fraction of sp³-hybridized carbons (Fsp3) is 0.500. The van der Waals surface area contributed by atoms with Crippen molar-refractivity contribution in [2.24, 2.45) is 0 Å². The molecule has 0 saturated heterocycles. The smallest absolute Gasteiger partial charge is 0.348 e. The quantitative estimate of drug-likeness (QED) is 0.728. The van der Waals surface area contributed by atoms with Crippen molar-refractivity contribution in [1.29, 1.82) is 0 Å². The highest BCUT2D eigenvalue weighted by atomic mass is 19.4. The standard InChI is InChI=1S/C6H5F5N2/c7-5(8,6(9,10)11)3-4-12-1-2-13-4/h1-2H,3H2,(H,12,13). The first-order chi connectivity index (χ1) is 5.83. The predicted octanol–water partition coefficient (Wildman–Crippen LogP) is 2.15. The minimum absolute atomic E-state index is 0.387. The van der Waals surface area contributed by atoms with Gasteiger partial charge in [-0.1, -0.05) is 0 Å². The molecule has 0 bridgehead atoms. The Morgan fingerprint density at radius 2 is 1.85 bits per heavy atom. The van der Waals surface area contributed by atoms with Gasteiger partial charge in [0.05, 0.1) is 6.42 Å². The number of nitrogens with zero attached hydrogens (tertiary/aromatic N) is 1. The molecule has 1 heterocycles. The van der Waals surface area contributed by atoms with Crippen molar-refractivity contribution in [2.75, 3.05) is 0 Å². The van der Waals surface area contributed by atoms with Gasteiger partial charge in [0.1, 0.15) is 5.82 Å². The van der Waals surface area contributed by atoms with Crippen LogP contribution in [0.15, 0.2) is 12.4 Å². The van der Waals surface area contributed by atoms with Crippen LogP contribution in [-0.2, 0) is 6.42 Å². The zero-order valence-corrected chi connectivity index (χ0v) is 6.20. The first-order valence-corrected chi connectivity index (χ1v) is 3.26. The molecular weight excluding hydrogens is 195 g/mol. The van der Waals surface area contributed by atoms with Crippen LogP contribution in [0.3, 0.4) is 0 Å². The van der Waals surface area contributed by atoms with Crippen LogP contribution in [0.5, 0.6) is 0 Å². The number of H-pyrrole nitrogens is 1. The van der Waals surface area contributed by atoms with Crippen LogP contribution < -0.4 is 0 Å². The number of hydrogen-bond acceptors (Lipinski definition) is 1. The average Bonchev–Trinajstić information content (AvgIpc) is 2.35. The van der Waals surface area contributed by atoms with Crippen LogP contribution in [-0.4, -0.2) is 22.1 Å². The second-order valence-corrected chi connectivity index (χ2v) is 2.41. The van der Waals surface area contributed by atoms with Gasteiger partial charge < -0.3 is 4.98 Å². The Morgan fingerprint density at radius 1 is 1.23 bits per heavy atom. The molecule has 0 aliphatic rings. The third-order valence-electron chi connectivity index (χ3n) is 1.36. The highest BCUT2D eigenvalue weighted by Crippen LogP contribution is 2.37. The molecule has 0 spiro atoms. The zero-order valence-electron chi connectivity index (χ0n) is 6.20. The Balaban J connectivity index is 2.73. The summed E-state index contributed by atoms with van der Waals surface area (Å²) in [5.41, 5.74) is 0. The molecule has 74 valence electrons. The van der Waals surface area contributed by atoms with E-state index in [1.807, 2.05) is 0 Å². The lowest BCUT2D eigenvalue weighted by Gasteiger charge is -2.17. The molecule has 0 atom stereocenters. The van der Waals surface area contributed by atoms with E-state index in [1.165, 1.54) is 6.20 Å². The van der Waals surface area contributed by atoms with Crippen molar-refractivity contribution in [3.63, 3.8) is 0 Å². The zero-order chi connectivity index (χ0) is 10.1. The number of alkyl halides is 5. The van der Waals surface area contributed by atoms with Crippen molar-refractivity contribution in [1.82, 2.24) is 9.97 Å². The van der Waals surface area contributed by atoms with Gasteiger partial charge in [0.25, 0.3) is 0 Å². The first-order valence-electron chi connectivity index (χ1n) is 3.26. The maximum absolute atomic E-state index is 12.3. The largest absolute Gasteiger partial charge is 0.453 e. The molecule has 0 saturated carbocycles. The van der Waals surface area contributed by atoms with Crippen LogP contribution in [0, 0.1) is 0 Å². The summed E-state index contributed by atoms with van der Waals surface area (Å²) in [6, 6.07) is 0. The normalized spacial score (nSPS) is 13.3. The lowest BCUT2D eigenvalue weighted by molar-refractivity contribution is -0.281. The summed E-state index contributed by atoms with van der Waals surface area (Å²) in [4.78, 5) is 5.45. The first kappa shape index (κ1) is 9.94. The van der Waals surface area contributed by atoms with Crippen LogP contribution in [0.25, 0.3) is 0 Å². The van der Waals surface area contributed by atoms with Gasteiger partial charge in [-0.05, 0) is 0 Å². The number of hydrogen-bond donors (Lipinski definition) is 1. The number of nitrogens with one attached hydrogen (secondary N) is 1. The van der Waals surface area contributed by atoms with E-state index in [4.69, 9.17) is 0 Å². The number of imidazole rings is 1. The van der Waals surface area contributed by atoms with E-state index < -0.39 is 18.5 Å². The molecule has 1 rings (SSSR count). The fourth-order valence-corrected chi connectivity index (χ4v) is 0.705. The molecule has 0 aliphatic heterocycles. The molecule has 7 heteroatoms. The van der Waals surface area contributed by atoms with Gasteiger partial charge in [-0.2, -0.15) is 22.0 Å². The van der Waals surface area contributed by atoms with Gasteiger partial charge >= 0.3 is 12.1 Å². The van der Waals surface area contributed by atoms with Crippen LogP contribution >= 0.6 is 0 Å². The molecule has 1 N–H and O–H groups in total. The van der Waals surface area contributed by atoms with Gasteiger partial charge in [-0.15, -0.1) is 0 Å². The van der Waals surface area contributed by atoms with Crippen LogP contribution in [0.1, 0.15) is 5.82 Å². The van der Waals surface area contributed by atoms with Crippen molar-refractivity contribution in [2.45, 2.75) is 18.5 Å². The summed E-state index contributed by atoms with van der Waals surface area (Å²) >= 11 is 0. The van der Waals surface area contributed by atoms with Gasteiger partial charge in [-0.3, -0.25) is 0 Å². The van der Waals surface area contributed by atoms with Gasteiger partial charge in [-0.25, -0.2) is 4.98 Å². The minimum atomic E-state index is -5.53. The molecular formula is C6H5F5N2. The van der Waals surface area contributed by atoms with Crippen molar-refractivity contribution in [3.05, 3.63) is 18.2 Å². The summed E-state index contributed by atoms with van der Waals surface area (Å²) < 4.78 is 59.5. The van der Waals surface area contributed by atoms with Gasteiger partial charge in [0, 0.05) is 12.4 Å². The molecule has 0 unspecified atom stereocenters. The van der Waals surface area contributed by atoms with Crippen LogP contribution in [0.4, 0.5) is 22.0 Å². The van der Waals surface area contributed by atoms with E-state index in [1.54, 1.807) is 0 Å². The van der Waals surface area contributed by atoms with E-state index in [2.05, 4.69) is 9.97 Å². The third-order valence-corrected chi connectivity index (χ3v) is 1.36. The molecule has 0 aromatic carbocycles. The number of aromatic amines is 1. The number of aromatic nitrogens is 2. The fourth-order valence-electron chi connectivity index (χ4n) is 0.705. The average molecular weight is 200 g/mol. The maximum Gasteiger partial charge on any atom is 0.453 e. The SMILES string of the molecule is FC(F)(F)C(F)(F)Cc1ncc[nH]1. The molecule has 13 heavy (non-hydrogen) atoms. The molecule has 0 amide bonds. The van der Waals surface area contributed by atoms with E-state index >= 15 is 0 Å². The highest BCUT2D eigenvalue weighted by molar-refractivity contribution is 4.94. The Bertz CT molecular complexity index is 263. The second-order valence-electron chi connectivity index (χ2n) is 2.41. The number of halogens is 5. The maximum atomic E-state index is 12.3. The van der Waals surface area contributed by atoms with Crippen molar-refractivity contribution < 1.29 is 22.0 Å². The lowest BCUT2D eigenvalue weighted by Crippen LogP contribution is -2.38. The molecule has 2 nitrogen and oxygen atoms in total. The molecule has 0 radical (unpaired) electrons. The monoisotopic (exact) mass is 200 g/mol. The van der Waals surface area contributed by atoms with Crippen LogP contribution in [0.2, 0.25) is 0 Å². The highest BCUT2D eigenvalue weighted by Gasteiger charge is 2.57. The minimum Gasteiger partial charge on any atom is -0.348 e. The topological polar surface area (TPSA) is 28.7 Å². The molecule has 1 aromatic rings. The summed E-state index contributed by atoms with van der Waals surface area (Å²) in [5.74, 6) is -5.12. The summed E-state index contributed by atoms with van der Waals surface area (Å²) in [5, 5.41) is 0. The molecule has 0 aliphatic carbocycles. The Morgan fingerprint density at radius 3 is 2.23 bits per heavy atom. The van der Waals surface area contributed by atoms with E-state index in [-0.39, 0.29) is 5.82 Å². The van der Waals surface area contributed by atoms with E-state index in [9.17, 15) is 22.0 Å².